The second-order valence-electron chi connectivity index (χ2n) is 4.68. The Balaban J connectivity index is 2.33. The number of nitrogens with one attached hydrogen (secondary N) is 1. The summed E-state index contributed by atoms with van der Waals surface area (Å²) in [4.78, 5) is 11.7. The largest absolute Gasteiger partial charge is 0.393 e. The molecule has 1 rings (SSSR count). The number of benzene rings is 1. The highest BCUT2D eigenvalue weighted by Gasteiger charge is 2.09. The molecule has 0 spiro atoms. The third-order valence-corrected chi connectivity index (χ3v) is 3.13. The lowest BCUT2D eigenvalue weighted by Crippen LogP contribution is -2.34. The Bertz CT molecular complexity index is 393. The molecule has 2 atom stereocenters. The average Bonchev–Trinajstić information content (AvgIpc) is 2.25. The van der Waals surface area contributed by atoms with Crippen molar-refractivity contribution in [2.24, 2.45) is 0 Å². The normalized spacial score (nSPS) is 14.0. The summed E-state index contributed by atoms with van der Waals surface area (Å²) >= 11 is 3.41. The zero-order chi connectivity index (χ0) is 13.5. The number of halogens is 1. The summed E-state index contributed by atoms with van der Waals surface area (Å²) in [5.74, 6) is 0.0307. The molecular formula is C14H20BrNO2. The van der Waals surface area contributed by atoms with Crippen LogP contribution in [0.1, 0.15) is 32.3 Å². The third kappa shape index (κ3) is 6.17. The molecule has 2 N–H and O–H groups in total. The van der Waals surface area contributed by atoms with Crippen LogP contribution >= 0.6 is 15.9 Å². The van der Waals surface area contributed by atoms with Crippen LogP contribution in [-0.4, -0.2) is 23.2 Å². The Kier molecular flexibility index (Phi) is 6.36. The van der Waals surface area contributed by atoms with Gasteiger partial charge in [0.25, 0.3) is 0 Å². The topological polar surface area (TPSA) is 49.3 Å². The molecule has 0 saturated carbocycles. The molecule has 4 heteroatoms. The van der Waals surface area contributed by atoms with Crippen LogP contribution in [0.3, 0.4) is 0 Å². The molecule has 0 aliphatic heterocycles. The fraction of sp³-hybridized carbons (Fsp3) is 0.500. The van der Waals surface area contributed by atoms with Crippen LogP contribution in [0.25, 0.3) is 0 Å². The van der Waals surface area contributed by atoms with Crippen LogP contribution in [0.2, 0.25) is 0 Å². The number of carbonyl (C=O) groups is 1. The minimum Gasteiger partial charge on any atom is -0.393 e. The standard InChI is InChI=1S/C14H20BrNO2/c1-10(8-11(2)17)16-14(18)7-6-12-4-3-5-13(15)9-12/h3-5,9-11,17H,6-8H2,1-2H3,(H,16,18). The van der Waals surface area contributed by atoms with Gasteiger partial charge >= 0.3 is 0 Å². The van der Waals surface area contributed by atoms with Gasteiger partial charge in [-0.2, -0.15) is 0 Å². The van der Waals surface area contributed by atoms with Gasteiger partial charge in [-0.05, 0) is 44.4 Å². The molecule has 0 aliphatic rings. The first-order chi connectivity index (χ1) is 8.47. The summed E-state index contributed by atoms with van der Waals surface area (Å²) in [5, 5.41) is 12.1. The van der Waals surface area contributed by atoms with Crippen molar-refractivity contribution in [2.45, 2.75) is 45.3 Å². The number of aliphatic hydroxyl groups is 1. The Morgan fingerprint density at radius 1 is 1.44 bits per heavy atom. The Morgan fingerprint density at radius 3 is 2.78 bits per heavy atom. The molecule has 3 nitrogen and oxygen atoms in total. The molecule has 0 fully saturated rings. The smallest absolute Gasteiger partial charge is 0.220 e. The highest BCUT2D eigenvalue weighted by atomic mass is 79.9. The van der Waals surface area contributed by atoms with Crippen LogP contribution < -0.4 is 5.32 Å². The van der Waals surface area contributed by atoms with Crippen LogP contribution in [0, 0.1) is 0 Å². The summed E-state index contributed by atoms with van der Waals surface area (Å²) in [7, 11) is 0. The molecule has 18 heavy (non-hydrogen) atoms. The number of amides is 1. The first-order valence-corrected chi connectivity index (χ1v) is 6.98. The van der Waals surface area contributed by atoms with Crippen molar-refractivity contribution < 1.29 is 9.90 Å². The van der Waals surface area contributed by atoms with Gasteiger partial charge in [-0.1, -0.05) is 28.1 Å². The summed E-state index contributed by atoms with van der Waals surface area (Å²) in [6.45, 7) is 3.63. The van der Waals surface area contributed by atoms with Gasteiger partial charge in [0.15, 0.2) is 0 Å². The molecule has 1 aromatic carbocycles. The number of rotatable bonds is 6. The third-order valence-electron chi connectivity index (χ3n) is 2.63. The van der Waals surface area contributed by atoms with Crippen molar-refractivity contribution in [1.29, 1.82) is 0 Å². The predicted molar refractivity (Wildman–Crippen MR) is 76.4 cm³/mol. The van der Waals surface area contributed by atoms with Crippen LogP contribution in [0.5, 0.6) is 0 Å². The van der Waals surface area contributed by atoms with E-state index in [4.69, 9.17) is 0 Å². The number of aliphatic hydroxyl groups excluding tert-OH is 1. The number of carbonyl (C=O) groups excluding carboxylic acids is 1. The molecular weight excluding hydrogens is 294 g/mol. The van der Waals surface area contributed by atoms with Crippen LogP contribution in [-0.2, 0) is 11.2 Å². The molecule has 1 amide bonds. The van der Waals surface area contributed by atoms with Crippen molar-refractivity contribution in [3.63, 3.8) is 0 Å². The SMILES string of the molecule is CC(O)CC(C)NC(=O)CCc1cccc(Br)c1. The Morgan fingerprint density at radius 2 is 2.17 bits per heavy atom. The molecule has 0 heterocycles. The van der Waals surface area contributed by atoms with Crippen LogP contribution in [0.15, 0.2) is 28.7 Å². The number of hydrogen-bond acceptors (Lipinski definition) is 2. The first kappa shape index (κ1) is 15.2. The van der Waals surface area contributed by atoms with E-state index in [0.717, 1.165) is 16.5 Å². The maximum Gasteiger partial charge on any atom is 0.220 e. The lowest BCUT2D eigenvalue weighted by Gasteiger charge is -2.15. The van der Waals surface area contributed by atoms with E-state index < -0.39 is 0 Å². The molecule has 100 valence electrons. The zero-order valence-corrected chi connectivity index (χ0v) is 12.4. The maximum absolute atomic E-state index is 11.7. The van der Waals surface area contributed by atoms with E-state index in [-0.39, 0.29) is 18.1 Å². The molecule has 2 unspecified atom stereocenters. The van der Waals surface area contributed by atoms with Gasteiger partial charge in [0.1, 0.15) is 0 Å². The average molecular weight is 314 g/mol. The minimum atomic E-state index is -0.384. The van der Waals surface area contributed by atoms with Crippen molar-refractivity contribution in [1.82, 2.24) is 5.32 Å². The highest BCUT2D eigenvalue weighted by Crippen LogP contribution is 2.13. The van der Waals surface area contributed by atoms with Crippen molar-refractivity contribution >= 4 is 21.8 Å². The molecule has 1 aromatic rings. The monoisotopic (exact) mass is 313 g/mol. The van der Waals surface area contributed by atoms with Gasteiger partial charge in [-0.3, -0.25) is 4.79 Å². The molecule has 0 aromatic heterocycles. The highest BCUT2D eigenvalue weighted by molar-refractivity contribution is 9.10. The zero-order valence-electron chi connectivity index (χ0n) is 10.8. The van der Waals surface area contributed by atoms with Crippen LogP contribution in [0.4, 0.5) is 0 Å². The minimum absolute atomic E-state index is 0.0139. The maximum atomic E-state index is 11.7. The molecule has 0 radical (unpaired) electrons. The number of hydrogen-bond donors (Lipinski definition) is 2. The fourth-order valence-corrected chi connectivity index (χ4v) is 2.31. The van der Waals surface area contributed by atoms with Gasteiger partial charge in [0.2, 0.25) is 5.91 Å². The van der Waals surface area contributed by atoms with Gasteiger partial charge in [-0.25, -0.2) is 0 Å². The molecule has 0 bridgehead atoms. The van der Waals surface area contributed by atoms with Crippen molar-refractivity contribution in [2.75, 3.05) is 0 Å². The van der Waals surface area contributed by atoms with Gasteiger partial charge in [-0.15, -0.1) is 0 Å². The summed E-state index contributed by atoms with van der Waals surface area (Å²) in [6, 6.07) is 7.98. The van der Waals surface area contributed by atoms with Gasteiger partial charge in [0, 0.05) is 16.9 Å². The van der Waals surface area contributed by atoms with E-state index in [0.29, 0.717) is 12.8 Å². The Hall–Kier alpha value is -0.870. The summed E-state index contributed by atoms with van der Waals surface area (Å²) in [6.07, 6.45) is 1.40. The van der Waals surface area contributed by atoms with E-state index in [1.54, 1.807) is 6.92 Å². The molecule has 0 aliphatic carbocycles. The lowest BCUT2D eigenvalue weighted by atomic mass is 10.1. The van der Waals surface area contributed by atoms with Gasteiger partial charge < -0.3 is 10.4 Å². The summed E-state index contributed by atoms with van der Waals surface area (Å²) < 4.78 is 1.03. The van der Waals surface area contributed by atoms with E-state index in [2.05, 4.69) is 21.2 Å². The van der Waals surface area contributed by atoms with E-state index in [1.165, 1.54) is 0 Å². The fourth-order valence-electron chi connectivity index (χ4n) is 1.87. The molecule has 0 saturated heterocycles. The Labute approximate surface area is 117 Å². The second-order valence-corrected chi connectivity index (χ2v) is 5.60. The second kappa shape index (κ2) is 7.54. The van der Waals surface area contributed by atoms with E-state index in [1.807, 2.05) is 31.2 Å². The van der Waals surface area contributed by atoms with E-state index >= 15 is 0 Å². The van der Waals surface area contributed by atoms with E-state index in [9.17, 15) is 9.90 Å². The van der Waals surface area contributed by atoms with Crippen molar-refractivity contribution in [3.8, 4) is 0 Å². The summed E-state index contributed by atoms with van der Waals surface area (Å²) in [5.41, 5.74) is 1.14. The quantitative estimate of drug-likeness (QED) is 0.848. The predicted octanol–water partition coefficient (Wildman–Crippen LogP) is 2.66. The lowest BCUT2D eigenvalue weighted by molar-refractivity contribution is -0.121. The van der Waals surface area contributed by atoms with Crippen molar-refractivity contribution in [3.05, 3.63) is 34.3 Å². The first-order valence-electron chi connectivity index (χ1n) is 6.19. The van der Waals surface area contributed by atoms with Gasteiger partial charge in [0.05, 0.1) is 6.10 Å². The number of aryl methyl sites for hydroxylation is 1.